The molecule has 0 aliphatic heterocycles. The highest BCUT2D eigenvalue weighted by Crippen LogP contribution is 2.03. The molecule has 0 fully saturated rings. The van der Waals surface area contributed by atoms with Gasteiger partial charge in [-0.05, 0) is 20.8 Å². The number of aliphatic carboxylic acids is 1. The van der Waals surface area contributed by atoms with Gasteiger partial charge in [0, 0.05) is 0 Å². The first kappa shape index (κ1) is 9.95. The van der Waals surface area contributed by atoms with Crippen LogP contribution in [0, 0.1) is 0 Å². The largest absolute Gasteiger partial charge is 0.481 e. The molecular weight excluding hydrogens is 140 g/mol. The van der Waals surface area contributed by atoms with Crippen molar-refractivity contribution in [1.29, 1.82) is 0 Å². The number of rotatable bonds is 3. The van der Waals surface area contributed by atoms with Crippen LogP contribution in [-0.2, 0) is 4.79 Å². The molecule has 0 bridgehead atoms. The lowest BCUT2D eigenvalue weighted by atomic mass is 10.1. The zero-order valence-electron chi connectivity index (χ0n) is 7.22. The lowest BCUT2D eigenvalue weighted by Crippen LogP contribution is -1.89. The number of hydrogen-bond acceptors (Lipinski definition) is 1. The Morgan fingerprint density at radius 3 is 2.27 bits per heavy atom. The fourth-order valence-electron chi connectivity index (χ4n) is 0.503. The minimum Gasteiger partial charge on any atom is -0.481 e. The lowest BCUT2D eigenvalue weighted by molar-refractivity contribution is -0.135. The van der Waals surface area contributed by atoms with Gasteiger partial charge in [-0.25, -0.2) is 0 Å². The van der Waals surface area contributed by atoms with Gasteiger partial charge in [-0.2, -0.15) is 0 Å². The second kappa shape index (κ2) is 4.72. The number of hydrogen-bond donors (Lipinski definition) is 1. The van der Waals surface area contributed by atoms with Crippen LogP contribution in [0.4, 0.5) is 0 Å². The molecule has 0 aliphatic carbocycles. The second-order valence-corrected chi connectivity index (χ2v) is 2.68. The third kappa shape index (κ3) is 5.40. The van der Waals surface area contributed by atoms with Gasteiger partial charge < -0.3 is 5.11 Å². The zero-order valence-corrected chi connectivity index (χ0v) is 7.22. The van der Waals surface area contributed by atoms with Crippen molar-refractivity contribution >= 4 is 5.97 Å². The highest BCUT2D eigenvalue weighted by Gasteiger charge is 1.89. The molecule has 0 saturated carbocycles. The van der Waals surface area contributed by atoms with Gasteiger partial charge in [0.15, 0.2) is 0 Å². The van der Waals surface area contributed by atoms with E-state index in [-0.39, 0.29) is 6.42 Å². The van der Waals surface area contributed by atoms with Gasteiger partial charge >= 0.3 is 5.97 Å². The number of carbonyl (C=O) groups is 1. The van der Waals surface area contributed by atoms with Crippen LogP contribution in [-0.4, -0.2) is 11.1 Å². The molecule has 0 unspecified atom stereocenters. The van der Waals surface area contributed by atoms with Crippen molar-refractivity contribution in [2.45, 2.75) is 27.2 Å². The molecule has 11 heavy (non-hydrogen) atoms. The average Bonchev–Trinajstić information content (AvgIpc) is 1.86. The van der Waals surface area contributed by atoms with E-state index >= 15 is 0 Å². The standard InChI is InChI=1S/C9H14O2/c1-7(2)8(3)5-4-6-9(10)11/h4-5H,6H2,1-3H3,(H,10,11)/b5-4+. The molecule has 1 N–H and O–H groups in total. The fraction of sp³-hybridized carbons (Fsp3) is 0.444. The summed E-state index contributed by atoms with van der Waals surface area (Å²) in [5.41, 5.74) is 2.35. The first-order valence-electron chi connectivity index (χ1n) is 3.56. The Bertz CT molecular complexity index is 196. The van der Waals surface area contributed by atoms with Crippen LogP contribution in [0.1, 0.15) is 27.2 Å². The Morgan fingerprint density at radius 2 is 1.91 bits per heavy atom. The van der Waals surface area contributed by atoms with Crippen LogP contribution < -0.4 is 0 Å². The summed E-state index contributed by atoms with van der Waals surface area (Å²) in [5, 5.41) is 8.30. The summed E-state index contributed by atoms with van der Waals surface area (Å²) in [6, 6.07) is 0. The highest BCUT2D eigenvalue weighted by molar-refractivity contribution is 5.68. The van der Waals surface area contributed by atoms with Crippen LogP contribution in [0.3, 0.4) is 0 Å². The summed E-state index contributed by atoms with van der Waals surface area (Å²) >= 11 is 0. The maximum Gasteiger partial charge on any atom is 0.307 e. The molecule has 0 amide bonds. The summed E-state index contributed by atoms with van der Waals surface area (Å²) in [6.45, 7) is 5.97. The Kier molecular flexibility index (Phi) is 4.27. The van der Waals surface area contributed by atoms with E-state index in [4.69, 9.17) is 5.11 Å². The topological polar surface area (TPSA) is 37.3 Å². The van der Waals surface area contributed by atoms with Crippen molar-refractivity contribution in [3.05, 3.63) is 23.3 Å². The lowest BCUT2D eigenvalue weighted by Gasteiger charge is -1.93. The second-order valence-electron chi connectivity index (χ2n) is 2.68. The van der Waals surface area contributed by atoms with Gasteiger partial charge in [-0.15, -0.1) is 0 Å². The predicted octanol–water partition coefficient (Wildman–Crippen LogP) is 2.37. The maximum absolute atomic E-state index is 10.1. The fourth-order valence-corrected chi connectivity index (χ4v) is 0.503. The molecule has 0 atom stereocenters. The normalized spacial score (nSPS) is 10.1. The molecular formula is C9H14O2. The Morgan fingerprint density at radius 1 is 1.36 bits per heavy atom. The molecule has 0 aromatic heterocycles. The van der Waals surface area contributed by atoms with Gasteiger partial charge in [0.2, 0.25) is 0 Å². The van der Waals surface area contributed by atoms with Crippen molar-refractivity contribution in [1.82, 2.24) is 0 Å². The van der Waals surface area contributed by atoms with E-state index in [0.29, 0.717) is 0 Å². The Labute approximate surface area is 67.2 Å². The Balaban J connectivity index is 3.95. The Hall–Kier alpha value is -1.05. The molecule has 0 heterocycles. The smallest absolute Gasteiger partial charge is 0.307 e. The number of carboxylic acids is 1. The average molecular weight is 154 g/mol. The van der Waals surface area contributed by atoms with Crippen molar-refractivity contribution in [2.75, 3.05) is 0 Å². The predicted molar refractivity (Wildman–Crippen MR) is 45.4 cm³/mol. The molecule has 0 spiro atoms. The van der Waals surface area contributed by atoms with Gasteiger partial charge in [0.05, 0.1) is 6.42 Å². The molecule has 2 nitrogen and oxygen atoms in total. The summed E-state index contributed by atoms with van der Waals surface area (Å²) in [7, 11) is 0. The minimum absolute atomic E-state index is 0.102. The van der Waals surface area contributed by atoms with E-state index in [0.717, 1.165) is 5.57 Å². The van der Waals surface area contributed by atoms with Crippen LogP contribution in [0.15, 0.2) is 23.3 Å². The quantitative estimate of drug-likeness (QED) is 0.633. The van der Waals surface area contributed by atoms with E-state index in [1.165, 1.54) is 5.57 Å². The summed E-state index contributed by atoms with van der Waals surface area (Å²) < 4.78 is 0. The van der Waals surface area contributed by atoms with Crippen LogP contribution in [0.25, 0.3) is 0 Å². The number of carboxylic acid groups (broad SMARTS) is 1. The molecule has 2 heteroatoms. The number of allylic oxidation sites excluding steroid dienone is 3. The van der Waals surface area contributed by atoms with Gasteiger partial charge in [-0.1, -0.05) is 23.3 Å². The molecule has 0 radical (unpaired) electrons. The van der Waals surface area contributed by atoms with Gasteiger partial charge in [-0.3, -0.25) is 4.79 Å². The first-order chi connectivity index (χ1) is 5.04. The molecule has 0 aliphatic rings. The summed E-state index contributed by atoms with van der Waals surface area (Å²) in [6.07, 6.45) is 3.60. The van der Waals surface area contributed by atoms with Gasteiger partial charge in [0.25, 0.3) is 0 Å². The van der Waals surface area contributed by atoms with Crippen molar-refractivity contribution in [3.8, 4) is 0 Å². The van der Waals surface area contributed by atoms with Crippen LogP contribution in [0.5, 0.6) is 0 Å². The van der Waals surface area contributed by atoms with Crippen molar-refractivity contribution in [2.24, 2.45) is 0 Å². The van der Waals surface area contributed by atoms with E-state index in [9.17, 15) is 4.79 Å². The van der Waals surface area contributed by atoms with E-state index in [2.05, 4.69) is 0 Å². The first-order valence-corrected chi connectivity index (χ1v) is 3.56. The van der Waals surface area contributed by atoms with Crippen molar-refractivity contribution in [3.63, 3.8) is 0 Å². The zero-order chi connectivity index (χ0) is 8.85. The molecule has 0 aromatic rings. The summed E-state index contributed by atoms with van der Waals surface area (Å²) in [4.78, 5) is 10.1. The van der Waals surface area contributed by atoms with Gasteiger partial charge in [0.1, 0.15) is 0 Å². The maximum atomic E-state index is 10.1. The molecule has 0 saturated heterocycles. The SMILES string of the molecule is CC(C)=C(C)/C=C/CC(=O)O. The van der Waals surface area contributed by atoms with E-state index < -0.39 is 5.97 Å². The monoisotopic (exact) mass is 154 g/mol. The summed E-state index contributed by atoms with van der Waals surface area (Å²) in [5.74, 6) is -0.789. The highest BCUT2D eigenvalue weighted by atomic mass is 16.4. The van der Waals surface area contributed by atoms with Crippen molar-refractivity contribution < 1.29 is 9.90 Å². The minimum atomic E-state index is -0.789. The van der Waals surface area contributed by atoms with E-state index in [1.807, 2.05) is 26.8 Å². The molecule has 0 aromatic carbocycles. The molecule has 62 valence electrons. The molecule has 0 rings (SSSR count). The van der Waals surface area contributed by atoms with Crippen LogP contribution in [0.2, 0.25) is 0 Å². The van der Waals surface area contributed by atoms with E-state index in [1.54, 1.807) is 6.08 Å². The van der Waals surface area contributed by atoms with Crippen LogP contribution >= 0.6 is 0 Å². The third-order valence-corrected chi connectivity index (χ3v) is 1.45. The third-order valence-electron chi connectivity index (χ3n) is 1.45.